The monoisotopic (exact) mass is 423 g/mol. The van der Waals surface area contributed by atoms with Crippen molar-refractivity contribution in [2.45, 2.75) is 0 Å². The lowest BCUT2D eigenvalue weighted by Gasteiger charge is -2.04. The van der Waals surface area contributed by atoms with Gasteiger partial charge in [0.1, 0.15) is 6.07 Å². The Kier molecular flexibility index (Phi) is 7.56. The smallest absolute Gasteiger partial charge is 0.184 e. The molecule has 0 aromatic heterocycles. The second-order valence-electron chi connectivity index (χ2n) is 3.93. The molecule has 2 aromatic rings. The first-order valence-electron chi connectivity index (χ1n) is 5.96. The van der Waals surface area contributed by atoms with Crippen molar-refractivity contribution < 1.29 is 18.3 Å². The molecule has 0 spiro atoms. The summed E-state index contributed by atoms with van der Waals surface area (Å²) in [5, 5.41) is 8.87. The minimum Gasteiger partial charge on any atom is -0.492 e. The average Bonchev–Trinajstić information content (AvgIpc) is 2.53. The van der Waals surface area contributed by atoms with Crippen LogP contribution in [0.2, 0.25) is 10.0 Å². The first-order chi connectivity index (χ1) is 10.9. The van der Waals surface area contributed by atoms with Crippen molar-refractivity contribution >= 4 is 39.1 Å². The number of nitrogens with zero attached hydrogens (tertiary/aromatic N) is 1. The summed E-state index contributed by atoms with van der Waals surface area (Å²) in [7, 11) is 2.67. The summed E-state index contributed by atoms with van der Waals surface area (Å²) in [4.78, 5) is 0. The number of rotatable bonds is 2. The van der Waals surface area contributed by atoms with E-state index in [1.165, 1.54) is 32.4 Å². The maximum Gasteiger partial charge on any atom is 0.184 e. The zero-order valence-corrected chi connectivity index (χ0v) is 15.1. The molecule has 0 fully saturated rings. The Balaban J connectivity index is 0.000000231. The summed E-state index contributed by atoms with van der Waals surface area (Å²) in [6.45, 7) is 0. The van der Waals surface area contributed by atoms with E-state index in [1.54, 1.807) is 12.1 Å². The van der Waals surface area contributed by atoms with Gasteiger partial charge in [0.2, 0.25) is 0 Å². The number of ether oxygens (including phenoxy) is 2. The lowest BCUT2D eigenvalue weighted by atomic mass is 10.2. The highest BCUT2D eigenvalue weighted by atomic mass is 79.9. The topological polar surface area (TPSA) is 42.2 Å². The molecule has 0 saturated carbocycles. The van der Waals surface area contributed by atoms with E-state index in [0.717, 1.165) is 0 Å². The molecule has 122 valence electrons. The Morgan fingerprint density at radius 1 is 0.957 bits per heavy atom. The number of hydrogen-bond donors (Lipinski definition) is 0. The van der Waals surface area contributed by atoms with E-state index in [9.17, 15) is 8.78 Å². The third kappa shape index (κ3) is 4.71. The molecule has 0 amide bonds. The minimum atomic E-state index is -0.715. The fourth-order valence-corrected chi connectivity index (χ4v) is 2.26. The molecule has 0 saturated heterocycles. The van der Waals surface area contributed by atoms with E-state index in [0.29, 0.717) is 4.47 Å². The van der Waals surface area contributed by atoms with Crippen LogP contribution in [0, 0.1) is 23.0 Å². The normalized spacial score (nSPS) is 9.48. The van der Waals surface area contributed by atoms with Crippen LogP contribution in [0.4, 0.5) is 8.78 Å². The molecule has 0 bridgehead atoms. The molecule has 2 aromatic carbocycles. The molecule has 23 heavy (non-hydrogen) atoms. The van der Waals surface area contributed by atoms with Crippen molar-refractivity contribution in [2.75, 3.05) is 14.2 Å². The van der Waals surface area contributed by atoms with Gasteiger partial charge in [-0.25, -0.2) is 8.78 Å². The summed E-state index contributed by atoms with van der Waals surface area (Å²) in [6.07, 6.45) is 0. The van der Waals surface area contributed by atoms with E-state index in [4.69, 9.17) is 33.2 Å². The number of methoxy groups -OCH3 is 2. The van der Waals surface area contributed by atoms with Gasteiger partial charge in [-0.15, -0.1) is 0 Å². The molecular weight excluding hydrogens is 415 g/mol. The van der Waals surface area contributed by atoms with Gasteiger partial charge in [-0.2, -0.15) is 5.26 Å². The second-order valence-corrected chi connectivity index (χ2v) is 5.60. The van der Waals surface area contributed by atoms with Crippen molar-refractivity contribution in [1.29, 1.82) is 5.26 Å². The highest BCUT2D eigenvalue weighted by Crippen LogP contribution is 2.32. The van der Waals surface area contributed by atoms with E-state index >= 15 is 0 Å². The second kappa shape index (κ2) is 8.92. The number of halogens is 5. The molecule has 0 heterocycles. The standard InChI is InChI=1S/C8H5ClFNO.C7H5BrClFO/c1-12-8-6(9)3-2-5(4-11)7(8)10;1-11-7-5(9)3-2-4(8)6(7)10/h2-3H,1H3;2-3H,1H3. The van der Waals surface area contributed by atoms with Gasteiger partial charge >= 0.3 is 0 Å². The molecule has 0 aliphatic carbocycles. The number of benzene rings is 2. The first-order valence-corrected chi connectivity index (χ1v) is 7.51. The van der Waals surface area contributed by atoms with E-state index < -0.39 is 11.6 Å². The highest BCUT2D eigenvalue weighted by Gasteiger charge is 2.12. The van der Waals surface area contributed by atoms with Crippen LogP contribution in [-0.4, -0.2) is 14.2 Å². The molecule has 0 aliphatic heterocycles. The lowest BCUT2D eigenvalue weighted by molar-refractivity contribution is 0.385. The Morgan fingerprint density at radius 2 is 1.43 bits per heavy atom. The molecule has 2 rings (SSSR count). The van der Waals surface area contributed by atoms with Crippen molar-refractivity contribution in [3.05, 3.63) is 56.0 Å². The summed E-state index contributed by atoms with van der Waals surface area (Å²) in [5.41, 5.74) is -0.0729. The van der Waals surface area contributed by atoms with Gasteiger partial charge in [0.25, 0.3) is 0 Å². The van der Waals surface area contributed by atoms with Crippen LogP contribution in [0.25, 0.3) is 0 Å². The molecule has 0 radical (unpaired) electrons. The molecule has 0 aliphatic rings. The predicted octanol–water partition coefficient (Wildman–Crippen LogP) is 5.61. The summed E-state index contributed by atoms with van der Waals surface area (Å²) >= 11 is 14.2. The van der Waals surface area contributed by atoms with Gasteiger partial charge in [0, 0.05) is 0 Å². The fraction of sp³-hybridized carbons (Fsp3) is 0.133. The van der Waals surface area contributed by atoms with Crippen LogP contribution in [0.15, 0.2) is 28.7 Å². The quantitative estimate of drug-likeness (QED) is 0.588. The zero-order chi connectivity index (χ0) is 17.6. The van der Waals surface area contributed by atoms with Crippen LogP contribution < -0.4 is 9.47 Å². The summed E-state index contributed by atoms with van der Waals surface area (Å²) < 4.78 is 35.8. The minimum absolute atomic E-state index is 0.0704. The molecule has 0 N–H and O–H groups in total. The van der Waals surface area contributed by atoms with Gasteiger partial charge in [0.15, 0.2) is 23.1 Å². The van der Waals surface area contributed by atoms with Crippen LogP contribution in [0.1, 0.15) is 5.56 Å². The maximum absolute atomic E-state index is 13.1. The van der Waals surface area contributed by atoms with Crippen molar-refractivity contribution in [1.82, 2.24) is 0 Å². The van der Waals surface area contributed by atoms with Crippen LogP contribution in [-0.2, 0) is 0 Å². The first kappa shape index (κ1) is 19.5. The van der Waals surface area contributed by atoms with Crippen molar-refractivity contribution in [3.63, 3.8) is 0 Å². The summed E-state index contributed by atoms with van der Waals surface area (Å²) in [6, 6.07) is 7.50. The van der Waals surface area contributed by atoms with Gasteiger partial charge < -0.3 is 9.47 Å². The van der Waals surface area contributed by atoms with Gasteiger partial charge in [-0.05, 0) is 40.2 Å². The summed E-state index contributed by atoms with van der Waals surface area (Å²) in [5.74, 6) is -1.20. The fourth-order valence-electron chi connectivity index (χ4n) is 1.50. The van der Waals surface area contributed by atoms with E-state index in [-0.39, 0.29) is 27.1 Å². The van der Waals surface area contributed by atoms with Gasteiger partial charge in [-0.1, -0.05) is 23.2 Å². The SMILES string of the molecule is COc1c(Cl)ccc(Br)c1F.COc1c(Cl)ccc(C#N)c1F. The van der Waals surface area contributed by atoms with E-state index in [1.807, 2.05) is 0 Å². The third-order valence-electron chi connectivity index (χ3n) is 2.58. The predicted molar refractivity (Wildman–Crippen MR) is 88.3 cm³/mol. The zero-order valence-electron chi connectivity index (χ0n) is 12.0. The Morgan fingerprint density at radius 3 is 1.87 bits per heavy atom. The van der Waals surface area contributed by atoms with Gasteiger partial charge in [-0.3, -0.25) is 0 Å². The van der Waals surface area contributed by atoms with Crippen LogP contribution >= 0.6 is 39.1 Å². The van der Waals surface area contributed by atoms with Gasteiger partial charge in [0.05, 0.1) is 34.3 Å². The lowest BCUT2D eigenvalue weighted by Crippen LogP contribution is -1.92. The van der Waals surface area contributed by atoms with Crippen LogP contribution in [0.3, 0.4) is 0 Å². The van der Waals surface area contributed by atoms with Crippen molar-refractivity contribution in [2.24, 2.45) is 0 Å². The Hall–Kier alpha value is -1.55. The Labute approximate surface area is 150 Å². The average molecular weight is 425 g/mol. The molecule has 3 nitrogen and oxygen atoms in total. The molecule has 8 heteroatoms. The largest absolute Gasteiger partial charge is 0.492 e. The highest BCUT2D eigenvalue weighted by molar-refractivity contribution is 9.10. The molecular formula is C15H10BrCl2F2NO2. The molecule has 0 atom stereocenters. The van der Waals surface area contributed by atoms with E-state index in [2.05, 4.69) is 20.7 Å². The molecule has 0 unspecified atom stereocenters. The number of nitriles is 1. The Bertz CT molecular complexity index is 751. The number of hydrogen-bond acceptors (Lipinski definition) is 3. The third-order valence-corrected chi connectivity index (χ3v) is 3.79. The maximum atomic E-state index is 13.1. The van der Waals surface area contributed by atoms with Crippen molar-refractivity contribution in [3.8, 4) is 17.6 Å². The van der Waals surface area contributed by atoms with Crippen LogP contribution in [0.5, 0.6) is 11.5 Å².